The van der Waals surface area contributed by atoms with Crippen molar-refractivity contribution >= 4 is 73.0 Å². The molecule has 3 heterocycles. The van der Waals surface area contributed by atoms with Gasteiger partial charge in [-0.1, -0.05) is 41.9 Å². The highest BCUT2D eigenvalue weighted by atomic mass is 35.5. The number of ether oxygens (including phenoxy) is 1. The third-order valence-electron chi connectivity index (χ3n) is 5.23. The van der Waals surface area contributed by atoms with Crippen LogP contribution in [0.5, 0.6) is 0 Å². The second kappa shape index (κ2) is 8.80. The van der Waals surface area contributed by atoms with E-state index in [1.54, 1.807) is 0 Å². The van der Waals surface area contributed by atoms with Crippen LogP contribution in [-0.4, -0.2) is 21.5 Å². The molecular formula is C23H15ClN2O4S3. The van der Waals surface area contributed by atoms with Crippen LogP contribution in [0.15, 0.2) is 42.5 Å². The van der Waals surface area contributed by atoms with Crippen LogP contribution in [0, 0.1) is 11.8 Å². The van der Waals surface area contributed by atoms with Gasteiger partial charge in [0, 0.05) is 14.3 Å². The van der Waals surface area contributed by atoms with Gasteiger partial charge in [0.25, 0.3) is 0 Å². The van der Waals surface area contributed by atoms with Crippen LogP contribution in [0.3, 0.4) is 0 Å². The fourth-order valence-corrected chi connectivity index (χ4v) is 6.55. The summed E-state index contributed by atoms with van der Waals surface area (Å²) in [6, 6.07) is 13.3. The summed E-state index contributed by atoms with van der Waals surface area (Å²) in [7, 11) is 0. The molecule has 1 aliphatic carbocycles. The topological polar surface area (TPSA) is 88.5 Å². The van der Waals surface area contributed by atoms with E-state index in [1.807, 2.05) is 42.5 Å². The predicted octanol–water partition coefficient (Wildman–Crippen LogP) is 6.34. The van der Waals surface area contributed by atoms with Gasteiger partial charge < -0.3 is 9.84 Å². The molecule has 2 N–H and O–H groups in total. The van der Waals surface area contributed by atoms with Gasteiger partial charge >= 0.3 is 12.1 Å². The molecule has 0 atom stereocenters. The number of hydrogen-bond acceptors (Lipinski definition) is 7. The average Bonchev–Trinajstić information content (AvgIpc) is 3.24. The molecule has 1 aromatic carbocycles. The van der Waals surface area contributed by atoms with Crippen molar-refractivity contribution in [1.82, 2.24) is 4.37 Å². The van der Waals surface area contributed by atoms with Crippen molar-refractivity contribution in [3.05, 3.63) is 67.8 Å². The zero-order valence-corrected chi connectivity index (χ0v) is 20.1. The number of aromatic nitrogens is 1. The highest BCUT2D eigenvalue weighted by molar-refractivity contribution is 7.28. The summed E-state index contributed by atoms with van der Waals surface area (Å²) in [4.78, 5) is 25.5. The number of hydrogen-bond donors (Lipinski definition) is 2. The van der Waals surface area contributed by atoms with Crippen molar-refractivity contribution in [2.75, 3.05) is 5.32 Å². The molecule has 33 heavy (non-hydrogen) atoms. The van der Waals surface area contributed by atoms with Crippen molar-refractivity contribution in [2.24, 2.45) is 0 Å². The smallest absolute Gasteiger partial charge is 0.412 e. The molecule has 4 aromatic rings. The molecule has 1 aliphatic rings. The van der Waals surface area contributed by atoms with E-state index in [0.29, 0.717) is 28.6 Å². The highest BCUT2D eigenvalue weighted by Crippen LogP contribution is 2.52. The van der Waals surface area contributed by atoms with E-state index in [1.165, 1.54) is 22.7 Å². The lowest BCUT2D eigenvalue weighted by Crippen LogP contribution is -2.17. The minimum Gasteiger partial charge on any atom is -0.481 e. The Morgan fingerprint density at radius 3 is 2.61 bits per heavy atom. The largest absolute Gasteiger partial charge is 0.481 e. The summed E-state index contributed by atoms with van der Waals surface area (Å²) in [5.41, 5.74) is 0.869. The minimum atomic E-state index is -0.751. The summed E-state index contributed by atoms with van der Waals surface area (Å²) in [6.07, 6.45) is 0.744. The molecule has 3 aromatic heterocycles. The Bertz CT molecular complexity index is 1390. The molecule has 0 aliphatic heterocycles. The normalized spacial score (nSPS) is 13.8. The third kappa shape index (κ3) is 4.48. The number of thiophene rings is 2. The number of halogens is 1. The average molecular weight is 515 g/mol. The van der Waals surface area contributed by atoms with E-state index in [-0.39, 0.29) is 6.61 Å². The second-order valence-corrected chi connectivity index (χ2v) is 11.0. The third-order valence-corrected chi connectivity index (χ3v) is 8.68. The second-order valence-electron chi connectivity index (χ2n) is 7.45. The number of carbonyl (C=O) groups is 2. The van der Waals surface area contributed by atoms with E-state index in [4.69, 9.17) is 16.3 Å². The first kappa shape index (κ1) is 21.9. The lowest BCUT2D eigenvalue weighted by molar-refractivity contribution is -0.139. The molecule has 0 radical (unpaired) electrons. The zero-order valence-electron chi connectivity index (χ0n) is 16.9. The van der Waals surface area contributed by atoms with Gasteiger partial charge in [-0.2, -0.15) is 4.37 Å². The van der Waals surface area contributed by atoms with E-state index in [9.17, 15) is 14.7 Å². The molecule has 10 heteroatoms. The quantitative estimate of drug-likeness (QED) is 0.303. The number of rotatable bonds is 5. The van der Waals surface area contributed by atoms with Gasteiger partial charge in [-0.15, -0.1) is 22.7 Å². The zero-order chi connectivity index (χ0) is 23.0. The molecule has 0 bridgehead atoms. The van der Waals surface area contributed by atoms with Crippen LogP contribution in [0.2, 0.25) is 4.34 Å². The van der Waals surface area contributed by atoms with Gasteiger partial charge in [0.1, 0.15) is 22.0 Å². The summed E-state index contributed by atoms with van der Waals surface area (Å²) in [6.45, 7) is 0.139. The Balaban J connectivity index is 1.29. The molecule has 0 spiro atoms. The maximum absolute atomic E-state index is 12.2. The highest BCUT2D eigenvalue weighted by Gasteiger charge is 2.53. The Kier molecular flexibility index (Phi) is 5.85. The molecule has 5 rings (SSSR count). The van der Waals surface area contributed by atoms with Crippen molar-refractivity contribution in [3.8, 4) is 11.8 Å². The standard InChI is InChI=1S/C23H15ClN2O4S3/c24-20-19(25-22(29)30-12-13-4-2-1-3-5-13)15(26-33-20)7-6-14-10-16-17(31-14)11-18(32-16)23(8-9-23)21(27)28/h1-5,10-11H,8-9,12H2,(H,25,29)(H,27,28). The monoisotopic (exact) mass is 514 g/mol. The van der Waals surface area contributed by atoms with E-state index < -0.39 is 17.5 Å². The first-order chi connectivity index (χ1) is 15.9. The van der Waals surface area contributed by atoms with Crippen molar-refractivity contribution in [2.45, 2.75) is 24.9 Å². The lowest BCUT2D eigenvalue weighted by Gasteiger charge is -2.06. The van der Waals surface area contributed by atoms with Crippen molar-refractivity contribution < 1.29 is 19.4 Å². The van der Waals surface area contributed by atoms with Gasteiger partial charge in [-0.05, 0) is 53.9 Å². The maximum atomic E-state index is 12.2. The SMILES string of the molecule is O=C(Nc1c(C#Cc2cc3sc(C4(C(=O)O)CC4)cc3s2)nsc1Cl)OCc1ccccc1. The maximum Gasteiger partial charge on any atom is 0.412 e. The first-order valence-corrected chi connectivity index (χ1v) is 12.7. The van der Waals surface area contributed by atoms with Crippen LogP contribution in [-0.2, 0) is 21.6 Å². The summed E-state index contributed by atoms with van der Waals surface area (Å²) in [5.74, 6) is 5.29. The summed E-state index contributed by atoms with van der Waals surface area (Å²) >= 11 is 10.2. The Hall–Kier alpha value is -2.90. The molecule has 166 valence electrons. The number of aliphatic carboxylic acids is 1. The number of carboxylic acids is 1. The number of fused-ring (bicyclic) bond motifs is 1. The predicted molar refractivity (Wildman–Crippen MR) is 132 cm³/mol. The number of benzene rings is 1. The van der Waals surface area contributed by atoms with E-state index in [0.717, 1.165) is 36.3 Å². The van der Waals surface area contributed by atoms with Crippen LogP contribution < -0.4 is 5.32 Å². The van der Waals surface area contributed by atoms with Gasteiger partial charge in [0.15, 0.2) is 5.69 Å². The lowest BCUT2D eigenvalue weighted by atomic mass is 10.1. The molecule has 6 nitrogen and oxygen atoms in total. The molecular weight excluding hydrogens is 500 g/mol. The molecule has 0 saturated heterocycles. The van der Waals surface area contributed by atoms with Crippen LogP contribution in [0.4, 0.5) is 10.5 Å². The Labute approximate surface area is 206 Å². The first-order valence-electron chi connectivity index (χ1n) is 9.87. The van der Waals surface area contributed by atoms with Crippen LogP contribution in [0.1, 0.15) is 33.9 Å². The molecule has 1 fully saturated rings. The van der Waals surface area contributed by atoms with Gasteiger partial charge in [-0.3, -0.25) is 10.1 Å². The fourth-order valence-electron chi connectivity index (χ4n) is 3.27. The number of carboxylic acid groups (broad SMARTS) is 1. The van der Waals surface area contributed by atoms with E-state index in [2.05, 4.69) is 21.5 Å². The minimum absolute atomic E-state index is 0.139. The van der Waals surface area contributed by atoms with Gasteiger partial charge in [0.05, 0.1) is 4.88 Å². The van der Waals surface area contributed by atoms with Gasteiger partial charge in [-0.25, -0.2) is 4.79 Å². The van der Waals surface area contributed by atoms with Crippen molar-refractivity contribution in [3.63, 3.8) is 0 Å². The number of carbonyl (C=O) groups excluding carboxylic acids is 1. The van der Waals surface area contributed by atoms with E-state index >= 15 is 0 Å². The van der Waals surface area contributed by atoms with Gasteiger partial charge in [0.2, 0.25) is 0 Å². The Morgan fingerprint density at radius 1 is 1.15 bits per heavy atom. The number of anilines is 1. The summed E-state index contributed by atoms with van der Waals surface area (Å²) < 4.78 is 11.8. The van der Waals surface area contributed by atoms with Crippen molar-refractivity contribution in [1.29, 1.82) is 0 Å². The number of nitrogens with one attached hydrogen (secondary N) is 1. The van der Waals surface area contributed by atoms with Crippen LogP contribution >= 0.6 is 45.8 Å². The molecule has 1 amide bonds. The van der Waals surface area contributed by atoms with Crippen LogP contribution in [0.25, 0.3) is 9.40 Å². The molecule has 0 unspecified atom stereocenters. The number of nitrogens with zero attached hydrogens (tertiary/aromatic N) is 1. The fraction of sp³-hybridized carbons (Fsp3) is 0.174. The molecule has 1 saturated carbocycles. The number of amides is 1. The summed E-state index contributed by atoms with van der Waals surface area (Å²) in [5, 5.41) is 12.1. The Morgan fingerprint density at radius 2 is 1.91 bits per heavy atom.